The zero-order valence-electron chi connectivity index (χ0n) is 15.4. The number of hydrogen-bond acceptors (Lipinski definition) is 4. The van der Waals surface area contributed by atoms with Crippen molar-refractivity contribution in [1.82, 2.24) is 9.88 Å². The number of fused-ring (bicyclic) bond motifs is 1. The summed E-state index contributed by atoms with van der Waals surface area (Å²) in [5.41, 5.74) is 2.21. The minimum absolute atomic E-state index is 0.0705. The summed E-state index contributed by atoms with van der Waals surface area (Å²) in [4.78, 5) is 19.2. The molecule has 0 saturated carbocycles. The zero-order chi connectivity index (χ0) is 18.6. The van der Waals surface area contributed by atoms with Crippen LogP contribution in [0, 0.1) is 6.92 Å². The fraction of sp³-hybridized carbons (Fsp3) is 0.333. The summed E-state index contributed by atoms with van der Waals surface area (Å²) >= 11 is 0. The van der Waals surface area contributed by atoms with Gasteiger partial charge in [-0.1, -0.05) is 18.2 Å². The number of anilines is 1. The van der Waals surface area contributed by atoms with Crippen LogP contribution in [0.2, 0.25) is 0 Å². The Morgan fingerprint density at radius 3 is 3.00 bits per heavy atom. The summed E-state index contributed by atoms with van der Waals surface area (Å²) in [6, 6.07) is 13.2. The molecule has 4 rings (SSSR count). The Balaban J connectivity index is 1.55. The molecule has 1 saturated heterocycles. The predicted octanol–water partition coefficient (Wildman–Crippen LogP) is 4.35. The average molecular weight is 365 g/mol. The van der Waals surface area contributed by atoms with Crippen molar-refractivity contribution in [2.75, 3.05) is 18.5 Å². The monoisotopic (exact) mass is 365 g/mol. The lowest BCUT2D eigenvalue weighted by Crippen LogP contribution is -2.39. The van der Waals surface area contributed by atoms with Gasteiger partial charge in [0.05, 0.1) is 24.0 Å². The summed E-state index contributed by atoms with van der Waals surface area (Å²) in [7, 11) is 0. The highest BCUT2D eigenvalue weighted by atomic mass is 16.5. The van der Waals surface area contributed by atoms with Gasteiger partial charge in [-0.25, -0.2) is 4.79 Å². The Kier molecular flexibility index (Phi) is 5.07. The van der Waals surface area contributed by atoms with Gasteiger partial charge in [0.25, 0.3) is 0 Å². The van der Waals surface area contributed by atoms with Gasteiger partial charge < -0.3 is 19.4 Å². The molecule has 27 heavy (non-hydrogen) atoms. The van der Waals surface area contributed by atoms with Crippen molar-refractivity contribution < 1.29 is 13.9 Å². The number of furan rings is 1. The number of carbonyl (C=O) groups excluding carboxylic acids is 1. The molecule has 0 aliphatic carbocycles. The number of para-hydroxylation sites is 1. The molecule has 0 bridgehead atoms. The molecule has 0 spiro atoms. The normalized spacial score (nSPS) is 16.6. The van der Waals surface area contributed by atoms with Crippen molar-refractivity contribution in [3.05, 3.63) is 60.1 Å². The van der Waals surface area contributed by atoms with Gasteiger partial charge in [0.2, 0.25) is 0 Å². The second-order valence-corrected chi connectivity index (χ2v) is 6.85. The minimum atomic E-state index is -0.183. The number of nitrogens with zero attached hydrogens (tertiary/aromatic N) is 2. The molecule has 2 amide bonds. The number of carbonyl (C=O) groups is 1. The highest BCUT2D eigenvalue weighted by Gasteiger charge is 2.24. The van der Waals surface area contributed by atoms with Gasteiger partial charge in [-0.05, 0) is 44.0 Å². The first kappa shape index (κ1) is 17.5. The predicted molar refractivity (Wildman–Crippen MR) is 104 cm³/mol. The summed E-state index contributed by atoms with van der Waals surface area (Å²) in [5.74, 6) is 0.816. The molecule has 0 radical (unpaired) electrons. The van der Waals surface area contributed by atoms with E-state index in [9.17, 15) is 4.79 Å². The van der Waals surface area contributed by atoms with Gasteiger partial charge in [0.1, 0.15) is 5.76 Å². The number of pyridine rings is 1. The van der Waals surface area contributed by atoms with Crippen molar-refractivity contribution in [1.29, 1.82) is 0 Å². The van der Waals surface area contributed by atoms with Crippen molar-refractivity contribution in [2.24, 2.45) is 0 Å². The number of amides is 2. The molecule has 0 unspecified atom stereocenters. The van der Waals surface area contributed by atoms with Crippen LogP contribution in [0.1, 0.15) is 24.3 Å². The number of hydrogen-bond donors (Lipinski definition) is 1. The minimum Gasteiger partial charge on any atom is -0.459 e. The molecular formula is C21H23N3O3. The first-order valence-corrected chi connectivity index (χ1v) is 9.25. The number of nitrogens with one attached hydrogen (secondary N) is 1. The Morgan fingerprint density at radius 1 is 1.30 bits per heavy atom. The Labute approximate surface area is 158 Å². The van der Waals surface area contributed by atoms with E-state index in [1.807, 2.05) is 49.4 Å². The molecule has 6 heteroatoms. The number of ether oxygens (including phenoxy) is 1. The lowest BCUT2D eigenvalue weighted by molar-refractivity contribution is 0.0816. The van der Waals surface area contributed by atoms with Gasteiger partial charge in [0, 0.05) is 24.7 Å². The number of benzene rings is 1. The third-order valence-electron chi connectivity index (χ3n) is 4.72. The maximum atomic E-state index is 13.0. The van der Waals surface area contributed by atoms with Crippen molar-refractivity contribution in [2.45, 2.75) is 32.4 Å². The van der Waals surface area contributed by atoms with Crippen LogP contribution in [0.3, 0.4) is 0 Å². The van der Waals surface area contributed by atoms with Gasteiger partial charge in [0.15, 0.2) is 5.58 Å². The van der Waals surface area contributed by atoms with Gasteiger partial charge >= 0.3 is 6.03 Å². The molecule has 1 fully saturated rings. The number of urea groups is 1. The molecule has 1 N–H and O–H groups in total. The van der Waals surface area contributed by atoms with Crippen LogP contribution in [-0.4, -0.2) is 35.2 Å². The molecule has 1 aliphatic heterocycles. The number of aromatic nitrogens is 1. The topological polar surface area (TPSA) is 67.6 Å². The van der Waals surface area contributed by atoms with Gasteiger partial charge in [-0.3, -0.25) is 4.98 Å². The van der Waals surface area contributed by atoms with E-state index in [0.717, 1.165) is 36.3 Å². The fourth-order valence-electron chi connectivity index (χ4n) is 3.43. The van der Waals surface area contributed by atoms with Gasteiger partial charge in [-0.15, -0.1) is 0 Å². The van der Waals surface area contributed by atoms with Crippen LogP contribution >= 0.6 is 0 Å². The first-order chi connectivity index (χ1) is 13.2. The van der Waals surface area contributed by atoms with E-state index >= 15 is 0 Å². The molecule has 3 aromatic rings. The maximum absolute atomic E-state index is 13.0. The fourth-order valence-corrected chi connectivity index (χ4v) is 3.43. The lowest BCUT2D eigenvalue weighted by atomic mass is 10.2. The third kappa shape index (κ3) is 4.11. The molecule has 1 aromatic carbocycles. The average Bonchev–Trinajstić information content (AvgIpc) is 3.31. The Bertz CT molecular complexity index is 917. The van der Waals surface area contributed by atoms with Crippen LogP contribution in [0.4, 0.5) is 10.5 Å². The van der Waals surface area contributed by atoms with Crippen LogP contribution in [0.15, 0.2) is 53.1 Å². The van der Waals surface area contributed by atoms with Crippen molar-refractivity contribution >= 4 is 22.7 Å². The quantitative estimate of drug-likeness (QED) is 0.730. The molecule has 1 aliphatic rings. The largest absolute Gasteiger partial charge is 0.459 e. The molecular weight excluding hydrogens is 342 g/mol. The van der Waals surface area contributed by atoms with Crippen LogP contribution < -0.4 is 5.32 Å². The standard InChI is InChI=1S/C21H23N3O3/c1-15-12-16-6-4-9-19(20(16)27-15)23-21(25)24(14-18-8-5-11-26-18)13-17-7-2-3-10-22-17/h2-4,6-7,9-10,12,18H,5,8,11,13-14H2,1H3,(H,23,25)/t18-/m0/s1. The van der Waals surface area contributed by atoms with E-state index in [1.165, 1.54) is 0 Å². The highest BCUT2D eigenvalue weighted by molar-refractivity contribution is 5.99. The SMILES string of the molecule is Cc1cc2cccc(NC(=O)N(Cc3ccccn3)C[C@@H]3CCCO3)c2o1. The zero-order valence-corrected chi connectivity index (χ0v) is 15.4. The second kappa shape index (κ2) is 7.80. The summed E-state index contributed by atoms with van der Waals surface area (Å²) in [6.45, 7) is 3.63. The maximum Gasteiger partial charge on any atom is 0.322 e. The van der Waals surface area contributed by atoms with E-state index in [0.29, 0.717) is 24.4 Å². The van der Waals surface area contributed by atoms with E-state index in [2.05, 4.69) is 10.3 Å². The van der Waals surface area contributed by atoms with Crippen LogP contribution in [0.25, 0.3) is 11.0 Å². The number of aryl methyl sites for hydroxylation is 1. The first-order valence-electron chi connectivity index (χ1n) is 9.25. The second-order valence-electron chi connectivity index (χ2n) is 6.85. The Morgan fingerprint density at radius 2 is 2.22 bits per heavy atom. The van der Waals surface area contributed by atoms with E-state index in [1.54, 1.807) is 11.1 Å². The van der Waals surface area contributed by atoms with Crippen LogP contribution in [0.5, 0.6) is 0 Å². The van der Waals surface area contributed by atoms with E-state index < -0.39 is 0 Å². The molecule has 6 nitrogen and oxygen atoms in total. The summed E-state index contributed by atoms with van der Waals surface area (Å²) < 4.78 is 11.5. The van der Waals surface area contributed by atoms with Gasteiger partial charge in [-0.2, -0.15) is 0 Å². The highest BCUT2D eigenvalue weighted by Crippen LogP contribution is 2.27. The summed E-state index contributed by atoms with van der Waals surface area (Å²) in [5, 5.41) is 3.98. The number of rotatable bonds is 5. The van der Waals surface area contributed by atoms with E-state index in [-0.39, 0.29) is 12.1 Å². The molecule has 2 aromatic heterocycles. The van der Waals surface area contributed by atoms with E-state index in [4.69, 9.17) is 9.15 Å². The third-order valence-corrected chi connectivity index (χ3v) is 4.72. The Hall–Kier alpha value is -2.86. The molecule has 3 heterocycles. The smallest absolute Gasteiger partial charge is 0.322 e. The molecule has 140 valence electrons. The van der Waals surface area contributed by atoms with Crippen LogP contribution in [-0.2, 0) is 11.3 Å². The van der Waals surface area contributed by atoms with Crippen molar-refractivity contribution in [3.8, 4) is 0 Å². The summed E-state index contributed by atoms with van der Waals surface area (Å²) in [6.07, 6.45) is 3.82. The lowest BCUT2D eigenvalue weighted by Gasteiger charge is -2.25. The molecule has 1 atom stereocenters. The van der Waals surface area contributed by atoms with Crippen molar-refractivity contribution in [3.63, 3.8) is 0 Å².